The maximum Gasteiger partial charge on any atom is 0.225 e. The van der Waals surface area contributed by atoms with Gasteiger partial charge < -0.3 is 15.1 Å². The summed E-state index contributed by atoms with van der Waals surface area (Å²) < 4.78 is 36.2. The van der Waals surface area contributed by atoms with Gasteiger partial charge in [0.25, 0.3) is 0 Å². The Balaban J connectivity index is 0.00000280. The van der Waals surface area contributed by atoms with Gasteiger partial charge in [-0.1, -0.05) is 6.08 Å². The van der Waals surface area contributed by atoms with Crippen molar-refractivity contribution in [3.8, 4) is 0 Å². The van der Waals surface area contributed by atoms with Crippen molar-refractivity contribution in [2.75, 3.05) is 55.7 Å². The Morgan fingerprint density at radius 2 is 2.00 bits per heavy atom. The van der Waals surface area contributed by atoms with Crippen molar-refractivity contribution in [1.82, 2.24) is 20.2 Å². The van der Waals surface area contributed by atoms with Crippen LogP contribution in [-0.4, -0.2) is 80.0 Å². The lowest BCUT2D eigenvalue weighted by Crippen LogP contribution is -2.53. The molecule has 2 aliphatic rings. The standard InChI is InChI=1S/C17H25FN6O2S.HI/c1-2-4-19-16(20-10-14-3-9-27(25,26)13-14)23-5-7-24(8-6-23)17-21-11-15(18)12-22-17;/h2,11-12,14H,1,3-10,13H2,(H,19,20);1H. The van der Waals surface area contributed by atoms with Gasteiger partial charge in [0.05, 0.1) is 23.9 Å². The van der Waals surface area contributed by atoms with Crippen molar-refractivity contribution < 1.29 is 12.8 Å². The van der Waals surface area contributed by atoms with Crippen molar-refractivity contribution in [1.29, 1.82) is 0 Å². The van der Waals surface area contributed by atoms with Gasteiger partial charge in [0.15, 0.2) is 21.6 Å². The van der Waals surface area contributed by atoms with E-state index in [9.17, 15) is 12.8 Å². The number of nitrogens with zero attached hydrogens (tertiary/aromatic N) is 5. The van der Waals surface area contributed by atoms with Crippen molar-refractivity contribution in [2.24, 2.45) is 10.9 Å². The molecule has 0 spiro atoms. The summed E-state index contributed by atoms with van der Waals surface area (Å²) >= 11 is 0. The summed E-state index contributed by atoms with van der Waals surface area (Å²) in [5.74, 6) is 1.40. The number of piperazine rings is 1. The first-order valence-electron chi connectivity index (χ1n) is 9.04. The highest BCUT2D eigenvalue weighted by atomic mass is 127. The van der Waals surface area contributed by atoms with Crippen LogP contribution in [0.2, 0.25) is 0 Å². The van der Waals surface area contributed by atoms with Crippen LogP contribution in [0.25, 0.3) is 0 Å². The highest BCUT2D eigenvalue weighted by Crippen LogP contribution is 2.19. The van der Waals surface area contributed by atoms with Gasteiger partial charge in [-0.15, -0.1) is 30.6 Å². The van der Waals surface area contributed by atoms with Crippen LogP contribution in [0.3, 0.4) is 0 Å². The third kappa shape index (κ3) is 6.26. The maximum absolute atomic E-state index is 13.0. The average Bonchev–Trinajstić information content (AvgIpc) is 3.02. The summed E-state index contributed by atoms with van der Waals surface area (Å²) in [5.41, 5.74) is 0. The van der Waals surface area contributed by atoms with Gasteiger partial charge in [-0.2, -0.15) is 0 Å². The third-order valence-electron chi connectivity index (χ3n) is 4.70. The Morgan fingerprint density at radius 3 is 2.57 bits per heavy atom. The lowest BCUT2D eigenvalue weighted by Gasteiger charge is -2.36. The Hall–Kier alpha value is -1.50. The highest BCUT2D eigenvalue weighted by molar-refractivity contribution is 14.0. The third-order valence-corrected chi connectivity index (χ3v) is 6.54. The van der Waals surface area contributed by atoms with Gasteiger partial charge in [0.2, 0.25) is 5.95 Å². The topological polar surface area (TPSA) is 90.8 Å². The SMILES string of the molecule is C=CCNC(=NCC1CCS(=O)(=O)C1)N1CCN(c2ncc(F)cn2)CC1.I. The molecule has 1 aromatic heterocycles. The number of anilines is 1. The van der Waals surface area contributed by atoms with Crippen molar-refractivity contribution in [3.05, 3.63) is 30.9 Å². The molecule has 0 saturated carbocycles. The molecule has 0 amide bonds. The molecule has 28 heavy (non-hydrogen) atoms. The predicted molar refractivity (Wildman–Crippen MR) is 118 cm³/mol. The quantitative estimate of drug-likeness (QED) is 0.265. The van der Waals surface area contributed by atoms with Gasteiger partial charge in [0.1, 0.15) is 0 Å². The van der Waals surface area contributed by atoms with Crippen molar-refractivity contribution >= 4 is 45.7 Å². The molecule has 2 fully saturated rings. The minimum Gasteiger partial charge on any atom is -0.353 e. The summed E-state index contributed by atoms with van der Waals surface area (Å²) in [6, 6.07) is 0. The van der Waals surface area contributed by atoms with Crippen LogP contribution >= 0.6 is 24.0 Å². The van der Waals surface area contributed by atoms with E-state index in [-0.39, 0.29) is 41.4 Å². The number of halogens is 2. The second-order valence-corrected chi connectivity index (χ2v) is 9.01. The zero-order chi connectivity index (χ0) is 19.3. The summed E-state index contributed by atoms with van der Waals surface area (Å²) in [5, 5.41) is 3.25. The minimum atomic E-state index is -2.89. The number of guanidine groups is 1. The maximum atomic E-state index is 13.0. The van der Waals surface area contributed by atoms with E-state index < -0.39 is 15.7 Å². The average molecular weight is 524 g/mol. The second-order valence-electron chi connectivity index (χ2n) is 6.78. The molecule has 11 heteroatoms. The van der Waals surface area contributed by atoms with Crippen LogP contribution in [0.5, 0.6) is 0 Å². The van der Waals surface area contributed by atoms with E-state index in [1.54, 1.807) is 6.08 Å². The molecule has 1 N–H and O–H groups in total. The molecule has 0 aliphatic carbocycles. The van der Waals surface area contributed by atoms with E-state index in [4.69, 9.17) is 0 Å². The van der Waals surface area contributed by atoms with Gasteiger partial charge in [-0.05, 0) is 12.3 Å². The monoisotopic (exact) mass is 524 g/mol. The van der Waals surface area contributed by atoms with Gasteiger partial charge in [-0.25, -0.2) is 22.8 Å². The molecule has 3 rings (SSSR count). The number of sulfone groups is 1. The lowest BCUT2D eigenvalue weighted by atomic mass is 10.1. The molecule has 0 aromatic carbocycles. The van der Waals surface area contributed by atoms with E-state index in [2.05, 4.69) is 31.8 Å². The Morgan fingerprint density at radius 1 is 1.32 bits per heavy atom. The Labute approximate surface area is 182 Å². The highest BCUT2D eigenvalue weighted by Gasteiger charge is 2.28. The molecule has 8 nitrogen and oxygen atoms in total. The molecule has 3 heterocycles. The van der Waals surface area contributed by atoms with Crippen molar-refractivity contribution in [3.63, 3.8) is 0 Å². The number of aromatic nitrogens is 2. The smallest absolute Gasteiger partial charge is 0.225 e. The zero-order valence-electron chi connectivity index (χ0n) is 15.6. The molecule has 1 atom stereocenters. The molecule has 1 unspecified atom stereocenters. The second kappa shape index (κ2) is 10.3. The Kier molecular flexibility index (Phi) is 8.40. The first-order valence-corrected chi connectivity index (χ1v) is 10.9. The summed E-state index contributed by atoms with van der Waals surface area (Å²) in [6.07, 6.45) is 4.78. The summed E-state index contributed by atoms with van der Waals surface area (Å²) in [4.78, 5) is 16.9. The predicted octanol–water partition coefficient (Wildman–Crippen LogP) is 0.922. The van der Waals surface area contributed by atoms with Crippen LogP contribution < -0.4 is 10.2 Å². The molecule has 2 aliphatic heterocycles. The molecule has 1 aromatic rings. The largest absolute Gasteiger partial charge is 0.353 e. The molecule has 156 valence electrons. The number of aliphatic imine (C=N–C) groups is 1. The molecule has 2 saturated heterocycles. The molecule has 0 bridgehead atoms. The Bertz CT molecular complexity index is 781. The van der Waals surface area contributed by atoms with E-state index in [0.29, 0.717) is 51.6 Å². The van der Waals surface area contributed by atoms with Crippen LogP contribution in [0.1, 0.15) is 6.42 Å². The number of hydrogen-bond donors (Lipinski definition) is 1. The fourth-order valence-electron chi connectivity index (χ4n) is 3.25. The van der Waals surface area contributed by atoms with E-state index in [0.717, 1.165) is 5.96 Å². The van der Waals surface area contributed by atoms with E-state index in [1.165, 1.54) is 12.4 Å². The van der Waals surface area contributed by atoms with Crippen LogP contribution in [-0.2, 0) is 9.84 Å². The zero-order valence-corrected chi connectivity index (χ0v) is 18.8. The minimum absolute atomic E-state index is 0. The molecule has 0 radical (unpaired) electrons. The first kappa shape index (κ1) is 22.8. The van der Waals surface area contributed by atoms with Crippen LogP contribution in [0.15, 0.2) is 30.0 Å². The fourth-order valence-corrected chi connectivity index (χ4v) is 5.10. The van der Waals surface area contributed by atoms with E-state index in [1.807, 2.05) is 4.90 Å². The molecular formula is C17H26FIN6O2S. The lowest BCUT2D eigenvalue weighted by molar-refractivity contribution is 0.369. The van der Waals surface area contributed by atoms with Gasteiger partial charge in [0, 0.05) is 39.3 Å². The summed E-state index contributed by atoms with van der Waals surface area (Å²) in [7, 11) is -2.89. The van der Waals surface area contributed by atoms with Gasteiger partial charge in [-0.3, -0.25) is 4.99 Å². The van der Waals surface area contributed by atoms with E-state index >= 15 is 0 Å². The van der Waals surface area contributed by atoms with Crippen LogP contribution in [0, 0.1) is 11.7 Å². The van der Waals surface area contributed by atoms with Gasteiger partial charge >= 0.3 is 0 Å². The normalized spacial score (nSPS) is 21.9. The van der Waals surface area contributed by atoms with Crippen LogP contribution in [0.4, 0.5) is 10.3 Å². The number of hydrogen-bond acceptors (Lipinski definition) is 6. The number of nitrogens with one attached hydrogen (secondary N) is 1. The number of rotatable bonds is 5. The summed E-state index contributed by atoms with van der Waals surface area (Å²) in [6.45, 7) is 7.62. The van der Waals surface area contributed by atoms with Crippen molar-refractivity contribution in [2.45, 2.75) is 6.42 Å². The first-order chi connectivity index (χ1) is 13.0. The fraction of sp³-hybridized carbons (Fsp3) is 0.588. The molecular weight excluding hydrogens is 498 g/mol.